The number of rotatable bonds is 2. The number of aromatic nitrogens is 2. The van der Waals surface area contributed by atoms with Crippen molar-refractivity contribution in [3.05, 3.63) is 17.3 Å². The molecule has 0 saturated carbocycles. The molecule has 0 bridgehead atoms. The van der Waals surface area contributed by atoms with Gasteiger partial charge in [-0.3, -0.25) is 0 Å². The molecule has 9 heteroatoms. The molecule has 1 saturated heterocycles. The number of piperidine rings is 1. The zero-order chi connectivity index (χ0) is 18.2. The number of amides is 1. The van der Waals surface area contributed by atoms with Crippen LogP contribution in [0.5, 0.6) is 0 Å². The summed E-state index contributed by atoms with van der Waals surface area (Å²) in [5, 5.41) is 13.5. The Morgan fingerprint density at radius 2 is 2.16 bits per heavy atom. The molecule has 3 rings (SSSR count). The molecule has 0 aromatic carbocycles. The van der Waals surface area contributed by atoms with Crippen LogP contribution in [0.3, 0.4) is 0 Å². The number of carbonyl (C=O) groups excluding carboxylic acids is 1. The lowest BCUT2D eigenvalue weighted by Gasteiger charge is -2.36. The molecule has 2 N–H and O–H groups in total. The maximum atomic E-state index is 12.2. The van der Waals surface area contributed by atoms with Crippen molar-refractivity contribution in [2.24, 2.45) is 0 Å². The number of halogens is 1. The number of pyridine rings is 1. The number of fused-ring (bicyclic) bond motifs is 1. The summed E-state index contributed by atoms with van der Waals surface area (Å²) in [6, 6.07) is 3.35. The Morgan fingerprint density at radius 1 is 1.40 bits per heavy atom. The van der Waals surface area contributed by atoms with E-state index in [1.165, 1.54) is 4.90 Å². The summed E-state index contributed by atoms with van der Waals surface area (Å²) in [4.78, 5) is 22.0. The maximum Gasteiger partial charge on any atom is 0.410 e. The number of likely N-dealkylation sites (tertiary alicyclic amines) is 1. The lowest BCUT2D eigenvalue weighted by molar-refractivity contribution is 0.00167. The van der Waals surface area contributed by atoms with Crippen molar-refractivity contribution >= 4 is 34.9 Å². The second-order valence-corrected chi connectivity index (χ2v) is 7.48. The predicted molar refractivity (Wildman–Crippen MR) is 92.7 cm³/mol. The lowest BCUT2D eigenvalue weighted by atomic mass is 10.0. The van der Waals surface area contributed by atoms with Gasteiger partial charge < -0.3 is 24.5 Å². The quantitative estimate of drug-likeness (QED) is 0.786. The minimum Gasteiger partial charge on any atom is -0.444 e. The Balaban J connectivity index is 1.69. The Labute approximate surface area is 150 Å². The molecule has 3 heterocycles. The second kappa shape index (κ2) is 6.68. The predicted octanol–water partition coefficient (Wildman–Crippen LogP) is 2.66. The highest BCUT2D eigenvalue weighted by Crippen LogP contribution is 2.22. The van der Waals surface area contributed by atoms with Crippen LogP contribution in [0.15, 0.2) is 16.5 Å². The van der Waals surface area contributed by atoms with Crippen LogP contribution in [0.2, 0.25) is 5.15 Å². The van der Waals surface area contributed by atoms with Gasteiger partial charge in [0.15, 0.2) is 5.58 Å². The number of hydrogen-bond donors (Lipinski definition) is 2. The molecule has 1 aliphatic rings. The summed E-state index contributed by atoms with van der Waals surface area (Å²) in [5.41, 5.74) is 0.316. The number of aliphatic hydroxyl groups excluding tert-OH is 1. The summed E-state index contributed by atoms with van der Waals surface area (Å²) in [7, 11) is 0. The molecule has 2 aromatic rings. The van der Waals surface area contributed by atoms with Crippen LogP contribution in [0, 0.1) is 0 Å². The first-order valence-electron chi connectivity index (χ1n) is 8.05. The van der Waals surface area contributed by atoms with E-state index < -0.39 is 17.8 Å². The fourth-order valence-electron chi connectivity index (χ4n) is 2.68. The summed E-state index contributed by atoms with van der Waals surface area (Å²) in [5.74, 6) is 0. The van der Waals surface area contributed by atoms with Gasteiger partial charge in [0.05, 0.1) is 18.7 Å². The number of anilines is 1. The van der Waals surface area contributed by atoms with Crippen molar-refractivity contribution in [1.82, 2.24) is 14.9 Å². The van der Waals surface area contributed by atoms with Crippen molar-refractivity contribution in [1.29, 1.82) is 0 Å². The molecule has 0 spiro atoms. The van der Waals surface area contributed by atoms with E-state index in [0.717, 1.165) is 0 Å². The van der Waals surface area contributed by atoms with Crippen molar-refractivity contribution in [3.63, 3.8) is 0 Å². The SMILES string of the molecule is CC(C)(C)OC(=O)N1CC(O)C[C@H](Nc2nc3nc(Cl)ccc3o2)C1. The van der Waals surface area contributed by atoms with Crippen molar-refractivity contribution in [2.45, 2.75) is 44.9 Å². The van der Waals surface area contributed by atoms with E-state index in [1.807, 2.05) is 0 Å². The van der Waals surface area contributed by atoms with E-state index in [4.69, 9.17) is 20.8 Å². The fraction of sp³-hybridized carbons (Fsp3) is 0.562. The average Bonchev–Trinajstić information content (AvgIpc) is 2.86. The van der Waals surface area contributed by atoms with Crippen LogP contribution in [-0.2, 0) is 4.74 Å². The summed E-state index contributed by atoms with van der Waals surface area (Å²) < 4.78 is 10.9. The molecule has 1 unspecified atom stereocenters. The molecule has 1 amide bonds. The molecule has 0 radical (unpaired) electrons. The Kier molecular flexibility index (Phi) is 4.75. The van der Waals surface area contributed by atoms with Gasteiger partial charge in [-0.15, -0.1) is 0 Å². The normalized spacial score (nSPS) is 21.4. The van der Waals surface area contributed by atoms with E-state index in [9.17, 15) is 9.90 Å². The zero-order valence-electron chi connectivity index (χ0n) is 14.3. The first-order chi connectivity index (χ1) is 11.7. The number of nitrogens with zero attached hydrogens (tertiary/aromatic N) is 3. The molecular weight excluding hydrogens is 348 g/mol. The van der Waals surface area contributed by atoms with Crippen LogP contribution in [0.1, 0.15) is 27.2 Å². The van der Waals surface area contributed by atoms with E-state index in [0.29, 0.717) is 29.3 Å². The molecular formula is C16H21ClN4O4. The van der Waals surface area contributed by atoms with Gasteiger partial charge in [-0.25, -0.2) is 9.78 Å². The van der Waals surface area contributed by atoms with Gasteiger partial charge in [-0.05, 0) is 39.3 Å². The Hall–Kier alpha value is -2.06. The van der Waals surface area contributed by atoms with Crippen LogP contribution in [-0.4, -0.2) is 56.9 Å². The average molecular weight is 369 g/mol. The highest BCUT2D eigenvalue weighted by atomic mass is 35.5. The monoisotopic (exact) mass is 368 g/mol. The molecule has 0 aliphatic carbocycles. The number of hydrogen-bond acceptors (Lipinski definition) is 7. The molecule has 2 aromatic heterocycles. The van der Waals surface area contributed by atoms with E-state index >= 15 is 0 Å². The van der Waals surface area contributed by atoms with Crippen molar-refractivity contribution < 1.29 is 19.1 Å². The third kappa shape index (κ3) is 4.52. The minimum absolute atomic E-state index is 0.222. The van der Waals surface area contributed by atoms with Crippen LogP contribution in [0.4, 0.5) is 10.8 Å². The third-order valence-corrected chi connectivity index (χ3v) is 3.84. The second-order valence-electron chi connectivity index (χ2n) is 7.09. The first-order valence-corrected chi connectivity index (χ1v) is 8.43. The van der Waals surface area contributed by atoms with Crippen molar-refractivity contribution in [3.8, 4) is 0 Å². The third-order valence-electron chi connectivity index (χ3n) is 3.63. The summed E-state index contributed by atoms with van der Waals surface area (Å²) in [6.07, 6.45) is -0.647. The van der Waals surface area contributed by atoms with E-state index in [-0.39, 0.29) is 18.6 Å². The molecule has 1 aliphatic heterocycles. The van der Waals surface area contributed by atoms with Crippen molar-refractivity contribution in [2.75, 3.05) is 18.4 Å². The topological polar surface area (TPSA) is 101 Å². The fourth-order valence-corrected chi connectivity index (χ4v) is 2.83. The smallest absolute Gasteiger partial charge is 0.410 e. The van der Waals surface area contributed by atoms with Gasteiger partial charge in [0.1, 0.15) is 10.8 Å². The maximum absolute atomic E-state index is 12.2. The van der Waals surface area contributed by atoms with Crippen LogP contribution in [0.25, 0.3) is 11.2 Å². The summed E-state index contributed by atoms with van der Waals surface area (Å²) in [6.45, 7) is 6.02. The van der Waals surface area contributed by atoms with Gasteiger partial charge in [-0.1, -0.05) is 11.6 Å². The van der Waals surface area contributed by atoms with Gasteiger partial charge in [-0.2, -0.15) is 4.98 Å². The Morgan fingerprint density at radius 3 is 2.88 bits per heavy atom. The Bertz CT molecular complexity index is 773. The van der Waals surface area contributed by atoms with E-state index in [2.05, 4.69) is 15.3 Å². The highest BCUT2D eigenvalue weighted by Gasteiger charge is 2.32. The zero-order valence-corrected chi connectivity index (χ0v) is 15.1. The minimum atomic E-state index is -0.657. The molecule has 2 atom stereocenters. The molecule has 136 valence electrons. The van der Waals surface area contributed by atoms with Gasteiger partial charge >= 0.3 is 6.09 Å². The van der Waals surface area contributed by atoms with E-state index in [1.54, 1.807) is 32.9 Å². The van der Waals surface area contributed by atoms with Gasteiger partial charge in [0.25, 0.3) is 6.01 Å². The molecule has 8 nitrogen and oxygen atoms in total. The van der Waals surface area contributed by atoms with Gasteiger partial charge in [0, 0.05) is 6.54 Å². The lowest BCUT2D eigenvalue weighted by Crippen LogP contribution is -2.52. The van der Waals surface area contributed by atoms with Crippen LogP contribution >= 0.6 is 11.6 Å². The largest absolute Gasteiger partial charge is 0.444 e. The van der Waals surface area contributed by atoms with Crippen LogP contribution < -0.4 is 5.32 Å². The van der Waals surface area contributed by atoms with Gasteiger partial charge in [0.2, 0.25) is 5.65 Å². The number of ether oxygens (including phenoxy) is 1. The molecule has 25 heavy (non-hydrogen) atoms. The number of aliphatic hydroxyl groups is 1. The number of nitrogens with one attached hydrogen (secondary N) is 1. The first kappa shape index (κ1) is 17.8. The number of β-amino-alcohol motifs (C(OH)–C–C–N with tert-alkyl or cyclic N) is 1. The summed E-state index contributed by atoms with van der Waals surface area (Å²) >= 11 is 5.84. The standard InChI is InChI=1S/C16H21ClN4O4/c1-16(2,3)25-15(23)21-7-9(6-10(22)8-21)18-14-20-13-11(24-14)4-5-12(17)19-13/h4-5,9-10,22H,6-8H2,1-3H3,(H,18,19,20)/t9-,10?/m0/s1. The number of oxazole rings is 1. The highest BCUT2D eigenvalue weighted by molar-refractivity contribution is 6.29. The molecule has 1 fully saturated rings. The number of carbonyl (C=O) groups is 1.